The van der Waals surface area contributed by atoms with Crippen LogP contribution in [0.1, 0.15) is 34.1 Å². The lowest BCUT2D eigenvalue weighted by atomic mass is 9.72. The van der Waals surface area contributed by atoms with E-state index < -0.39 is 41.3 Å². The summed E-state index contributed by atoms with van der Waals surface area (Å²) in [5.74, 6) is -1.13. The molecule has 0 aliphatic carbocycles. The number of ether oxygens (including phenoxy) is 3. The van der Waals surface area contributed by atoms with Crippen LogP contribution < -0.4 is 0 Å². The van der Waals surface area contributed by atoms with Crippen LogP contribution in [0.5, 0.6) is 0 Å². The van der Waals surface area contributed by atoms with Gasteiger partial charge >= 0.3 is 8.60 Å². The summed E-state index contributed by atoms with van der Waals surface area (Å²) in [6, 6.07) is 0. The van der Waals surface area contributed by atoms with Crippen molar-refractivity contribution in [1.82, 2.24) is 0 Å². The first-order valence-electron chi connectivity index (χ1n) is 7.34. The molecule has 0 spiro atoms. The summed E-state index contributed by atoms with van der Waals surface area (Å²) in [6.45, 7) is 8.02. The second-order valence-corrected chi connectivity index (χ2v) is 10.5. The number of alkyl halides is 3. The Balaban J connectivity index is 1.77. The topological polar surface area (TPSA) is 55.4 Å². The molecule has 0 radical (unpaired) electrons. The molecule has 4 saturated heterocycles. The summed E-state index contributed by atoms with van der Waals surface area (Å²) in [7, 11) is -1.47. The molecule has 6 nitrogen and oxygen atoms in total. The molecule has 4 aliphatic heterocycles. The van der Waals surface area contributed by atoms with Gasteiger partial charge in [-0.1, -0.05) is 34.8 Å². The van der Waals surface area contributed by atoms with Gasteiger partial charge in [0.15, 0.2) is 5.60 Å². The zero-order valence-corrected chi connectivity index (χ0v) is 16.3. The molecule has 7 unspecified atom stereocenters. The van der Waals surface area contributed by atoms with Gasteiger partial charge in [0.1, 0.15) is 11.2 Å². The fourth-order valence-corrected chi connectivity index (χ4v) is 5.72. The molecule has 4 rings (SSSR count). The highest BCUT2D eigenvalue weighted by Crippen LogP contribution is 2.69. The Kier molecular flexibility index (Phi) is 3.69. The largest absolute Gasteiger partial charge is 0.338 e. The van der Waals surface area contributed by atoms with Crippen molar-refractivity contribution < 1.29 is 27.8 Å². The molecule has 0 amide bonds. The van der Waals surface area contributed by atoms with E-state index >= 15 is 0 Å². The van der Waals surface area contributed by atoms with Gasteiger partial charge in [-0.3, -0.25) is 4.52 Å². The number of hydrogen-bond acceptors (Lipinski definition) is 6. The number of hydrogen-bond donors (Lipinski definition) is 0. The Morgan fingerprint density at radius 1 is 1.04 bits per heavy atom. The van der Waals surface area contributed by atoms with E-state index in [1.807, 2.05) is 20.8 Å². The number of rotatable bonds is 0. The summed E-state index contributed by atoms with van der Waals surface area (Å²) in [6.07, 6.45) is -0.552. The Hall–Kier alpha value is 1.06. The quantitative estimate of drug-likeness (QED) is 0.449. The minimum atomic E-state index is -1.74. The van der Waals surface area contributed by atoms with Crippen molar-refractivity contribution in [2.24, 2.45) is 0 Å². The minimum absolute atomic E-state index is 0.0806. The van der Waals surface area contributed by atoms with E-state index in [2.05, 4.69) is 0 Å². The predicted molar refractivity (Wildman–Crippen MR) is 84.4 cm³/mol. The van der Waals surface area contributed by atoms with Gasteiger partial charge in [-0.2, -0.15) is 0 Å². The molecular weight excluding hydrogens is 389 g/mol. The maximum atomic E-state index is 6.35. The van der Waals surface area contributed by atoms with Crippen LogP contribution in [0.3, 0.4) is 0 Å². The summed E-state index contributed by atoms with van der Waals surface area (Å²) in [5.41, 5.74) is -2.61. The second-order valence-electron chi connectivity index (χ2n) is 7.00. The molecule has 132 valence electrons. The van der Waals surface area contributed by atoms with E-state index in [9.17, 15) is 0 Å². The van der Waals surface area contributed by atoms with Crippen LogP contribution in [0.2, 0.25) is 0 Å². The zero-order valence-electron chi connectivity index (χ0n) is 13.1. The van der Waals surface area contributed by atoms with E-state index in [1.54, 1.807) is 6.92 Å². The van der Waals surface area contributed by atoms with Crippen LogP contribution in [0.4, 0.5) is 0 Å². The summed E-state index contributed by atoms with van der Waals surface area (Å²) >= 11 is 17.9. The second kappa shape index (κ2) is 4.86. The van der Waals surface area contributed by atoms with Crippen molar-refractivity contribution >= 4 is 43.4 Å². The highest BCUT2D eigenvalue weighted by atomic mass is 35.6. The van der Waals surface area contributed by atoms with Crippen molar-refractivity contribution in [2.45, 2.75) is 72.9 Å². The minimum Gasteiger partial charge on any atom is -0.338 e. The molecule has 0 aromatic rings. The molecule has 0 N–H and O–H groups in total. The van der Waals surface area contributed by atoms with Gasteiger partial charge in [-0.05, 0) is 27.7 Å². The van der Waals surface area contributed by atoms with E-state index in [1.165, 1.54) is 0 Å². The van der Waals surface area contributed by atoms with Gasteiger partial charge in [0, 0.05) is 6.42 Å². The summed E-state index contributed by atoms with van der Waals surface area (Å²) in [4.78, 5) is 0. The van der Waals surface area contributed by atoms with Crippen LogP contribution in [-0.4, -0.2) is 45.4 Å². The monoisotopic (exact) mass is 406 g/mol. The van der Waals surface area contributed by atoms with Crippen LogP contribution in [0.25, 0.3) is 0 Å². The molecule has 4 heterocycles. The Labute approximate surface area is 150 Å². The Morgan fingerprint density at radius 2 is 1.74 bits per heavy atom. The lowest BCUT2D eigenvalue weighted by Gasteiger charge is -2.45. The fourth-order valence-electron chi connectivity index (χ4n) is 3.97. The van der Waals surface area contributed by atoms with Gasteiger partial charge in [0.05, 0.1) is 12.7 Å². The first kappa shape index (κ1) is 17.5. The standard InChI is InChI=1S/C13H18Cl3O6P/c1-9-5-7-6-17-23(20-7)22-10(9,2)11(3)12(4,21-9)19-8(18-11)13(14,15)16/h7-8H,5-6H2,1-4H3. The molecule has 0 aromatic carbocycles. The molecule has 4 fully saturated rings. The SMILES string of the molecule is CC12CC3COP(O3)OC1(C)C1(C)OC(C(Cl)(Cl)Cl)OC1(C)O2. The maximum Gasteiger partial charge on any atom is 0.333 e. The third-order valence-electron chi connectivity index (χ3n) is 5.62. The predicted octanol–water partition coefficient (Wildman–Crippen LogP) is 3.81. The molecule has 7 atom stereocenters. The average Bonchev–Trinajstić information content (AvgIpc) is 2.92. The van der Waals surface area contributed by atoms with Crippen molar-refractivity contribution in [3.05, 3.63) is 0 Å². The Morgan fingerprint density at radius 3 is 2.39 bits per heavy atom. The van der Waals surface area contributed by atoms with Crippen LogP contribution >= 0.6 is 43.4 Å². The lowest BCUT2D eigenvalue weighted by Crippen LogP contribution is -2.62. The molecule has 2 bridgehead atoms. The molecule has 10 heteroatoms. The van der Waals surface area contributed by atoms with Gasteiger partial charge < -0.3 is 23.3 Å². The van der Waals surface area contributed by atoms with E-state index in [4.69, 9.17) is 62.6 Å². The van der Waals surface area contributed by atoms with E-state index in [0.29, 0.717) is 13.0 Å². The molecule has 23 heavy (non-hydrogen) atoms. The maximum absolute atomic E-state index is 6.35. The van der Waals surface area contributed by atoms with Crippen LogP contribution in [-0.2, 0) is 27.8 Å². The molecule has 0 saturated carbocycles. The first-order chi connectivity index (χ1) is 10.4. The molecular formula is C13H18Cl3O6P. The van der Waals surface area contributed by atoms with Gasteiger partial charge in [0.2, 0.25) is 15.9 Å². The summed E-state index contributed by atoms with van der Waals surface area (Å²) in [5, 5.41) is 0. The van der Waals surface area contributed by atoms with E-state index in [-0.39, 0.29) is 6.10 Å². The van der Waals surface area contributed by atoms with Crippen molar-refractivity contribution in [3.8, 4) is 0 Å². The summed E-state index contributed by atoms with van der Waals surface area (Å²) < 4.78 is 34.2. The van der Waals surface area contributed by atoms with Crippen molar-refractivity contribution in [2.75, 3.05) is 6.61 Å². The zero-order chi connectivity index (χ0) is 16.9. The smallest absolute Gasteiger partial charge is 0.333 e. The van der Waals surface area contributed by atoms with Gasteiger partial charge in [-0.15, -0.1) is 0 Å². The fraction of sp³-hybridized carbons (Fsp3) is 1.00. The highest BCUT2D eigenvalue weighted by Gasteiger charge is 2.81. The third kappa shape index (κ3) is 2.14. The highest BCUT2D eigenvalue weighted by molar-refractivity contribution is 7.42. The van der Waals surface area contributed by atoms with Crippen LogP contribution in [0.15, 0.2) is 0 Å². The van der Waals surface area contributed by atoms with Crippen LogP contribution in [0, 0.1) is 0 Å². The lowest BCUT2D eigenvalue weighted by molar-refractivity contribution is -0.256. The molecule has 4 aliphatic rings. The van der Waals surface area contributed by atoms with Gasteiger partial charge in [0.25, 0.3) is 0 Å². The average molecular weight is 408 g/mol. The third-order valence-corrected chi connectivity index (χ3v) is 7.50. The number of halogens is 3. The molecule has 0 aromatic heterocycles. The number of fused-ring (bicyclic) bond motifs is 5. The Bertz CT molecular complexity index is 548. The van der Waals surface area contributed by atoms with Crippen molar-refractivity contribution in [1.29, 1.82) is 0 Å². The van der Waals surface area contributed by atoms with Gasteiger partial charge in [-0.25, -0.2) is 0 Å². The van der Waals surface area contributed by atoms with E-state index in [0.717, 1.165) is 0 Å². The van der Waals surface area contributed by atoms with Crippen molar-refractivity contribution in [3.63, 3.8) is 0 Å². The normalized spacial score (nSPS) is 58.8. The first-order valence-corrected chi connectivity index (χ1v) is 9.57.